The SMILES string of the molecule is CN1C(=O)[C@H](Cc2ccccc2)NC(=O)[C@H](COCc2ccccc2)NC(=O)[C@H](COCc2ccccc2)NC(=O)[C@H](Cc2ccccc2)NC(=O)C1(C)C. The maximum atomic E-state index is 14.3. The van der Waals surface area contributed by atoms with Crippen LogP contribution in [0.4, 0.5) is 0 Å². The fraction of sp³-hybridized carbons (Fsp3) is 0.326. The van der Waals surface area contributed by atoms with Crippen molar-refractivity contribution in [3.8, 4) is 0 Å². The molecule has 0 saturated carbocycles. The first-order chi connectivity index (χ1) is 26.5. The molecule has 288 valence electrons. The normalized spacial score (nSPS) is 21.0. The zero-order valence-electron chi connectivity index (χ0n) is 31.4. The van der Waals surface area contributed by atoms with E-state index in [1.165, 1.54) is 11.9 Å². The molecule has 55 heavy (non-hydrogen) atoms. The minimum atomic E-state index is -1.48. The van der Waals surface area contributed by atoms with Gasteiger partial charge >= 0.3 is 0 Å². The van der Waals surface area contributed by atoms with Crippen LogP contribution >= 0.6 is 0 Å². The average Bonchev–Trinajstić information content (AvgIpc) is 3.20. The Balaban J connectivity index is 1.50. The smallest absolute Gasteiger partial charge is 0.246 e. The van der Waals surface area contributed by atoms with Gasteiger partial charge < -0.3 is 35.6 Å². The van der Waals surface area contributed by atoms with Crippen molar-refractivity contribution in [1.82, 2.24) is 26.2 Å². The lowest BCUT2D eigenvalue weighted by Crippen LogP contribution is -2.63. The van der Waals surface area contributed by atoms with Crippen molar-refractivity contribution in [2.75, 3.05) is 20.3 Å². The van der Waals surface area contributed by atoms with E-state index >= 15 is 0 Å². The number of likely N-dealkylation sites (N-methyl/N-ethyl adjacent to an activating group) is 1. The molecule has 1 heterocycles. The Morgan fingerprint density at radius 3 is 1.25 bits per heavy atom. The van der Waals surface area contributed by atoms with Crippen LogP contribution < -0.4 is 21.3 Å². The highest BCUT2D eigenvalue weighted by atomic mass is 16.5. The van der Waals surface area contributed by atoms with Crippen LogP contribution in [0.2, 0.25) is 0 Å². The molecule has 5 rings (SSSR count). The molecule has 4 N–H and O–H groups in total. The number of nitrogens with one attached hydrogen (secondary N) is 4. The first-order valence-electron chi connectivity index (χ1n) is 18.3. The van der Waals surface area contributed by atoms with Gasteiger partial charge in [-0.1, -0.05) is 121 Å². The number of ether oxygens (including phenoxy) is 2. The standard InChI is InChI=1S/C43H49N5O7/c1-43(2)42(53)47-34(24-30-16-8-4-9-17-30)38(49)45-37(29-55-27-33-22-14-7-15-23-33)40(51)46-36(28-54-26-32-20-12-6-13-21-32)39(50)44-35(41(52)48(43)3)25-31-18-10-5-11-19-31/h4-23,34-37H,24-29H2,1-3H3,(H,44,50)(H,45,49)(H,46,51)(H,47,53)/t34-,35-,36-,37-/m0/s1. The molecule has 4 atom stereocenters. The molecule has 0 unspecified atom stereocenters. The average molecular weight is 748 g/mol. The summed E-state index contributed by atoms with van der Waals surface area (Å²) < 4.78 is 11.9. The molecule has 5 amide bonds. The lowest BCUT2D eigenvalue weighted by Gasteiger charge is -2.37. The molecular formula is C43H49N5O7. The summed E-state index contributed by atoms with van der Waals surface area (Å²) in [5.41, 5.74) is 1.76. The highest BCUT2D eigenvalue weighted by molar-refractivity contribution is 5.99. The van der Waals surface area contributed by atoms with Gasteiger partial charge in [-0.25, -0.2) is 0 Å². The minimum Gasteiger partial charge on any atom is -0.374 e. The Labute approximate surface area is 322 Å². The maximum absolute atomic E-state index is 14.3. The van der Waals surface area contributed by atoms with Crippen molar-refractivity contribution < 1.29 is 33.4 Å². The first-order valence-corrected chi connectivity index (χ1v) is 18.3. The molecular weight excluding hydrogens is 699 g/mol. The van der Waals surface area contributed by atoms with Crippen LogP contribution in [0.3, 0.4) is 0 Å². The van der Waals surface area contributed by atoms with E-state index in [9.17, 15) is 24.0 Å². The van der Waals surface area contributed by atoms with Gasteiger partial charge in [0, 0.05) is 19.9 Å². The van der Waals surface area contributed by atoms with Gasteiger partial charge in [-0.15, -0.1) is 0 Å². The van der Waals surface area contributed by atoms with Gasteiger partial charge in [0.1, 0.15) is 29.7 Å². The second-order valence-electron chi connectivity index (χ2n) is 14.0. The van der Waals surface area contributed by atoms with Gasteiger partial charge in [-0.3, -0.25) is 24.0 Å². The highest BCUT2D eigenvalue weighted by Crippen LogP contribution is 2.18. The number of carbonyl (C=O) groups excluding carboxylic acids is 5. The summed E-state index contributed by atoms with van der Waals surface area (Å²) in [7, 11) is 1.48. The van der Waals surface area contributed by atoms with Crippen LogP contribution in [0.5, 0.6) is 0 Å². The number of amides is 5. The number of hydrogen-bond donors (Lipinski definition) is 4. The third kappa shape index (κ3) is 11.6. The third-order valence-electron chi connectivity index (χ3n) is 9.58. The fourth-order valence-electron chi connectivity index (χ4n) is 6.03. The fourth-order valence-corrected chi connectivity index (χ4v) is 6.03. The van der Waals surface area contributed by atoms with Gasteiger partial charge in [0.25, 0.3) is 0 Å². The molecule has 4 aromatic carbocycles. The van der Waals surface area contributed by atoms with Crippen LogP contribution in [-0.2, 0) is 59.5 Å². The summed E-state index contributed by atoms with van der Waals surface area (Å²) in [4.78, 5) is 72.1. The molecule has 0 aliphatic carbocycles. The summed E-state index contributed by atoms with van der Waals surface area (Å²) in [5, 5.41) is 11.2. The van der Waals surface area contributed by atoms with E-state index < -0.39 is 59.2 Å². The van der Waals surface area contributed by atoms with E-state index in [2.05, 4.69) is 21.3 Å². The highest BCUT2D eigenvalue weighted by Gasteiger charge is 2.41. The maximum Gasteiger partial charge on any atom is 0.246 e. The predicted molar refractivity (Wildman–Crippen MR) is 207 cm³/mol. The van der Waals surface area contributed by atoms with Gasteiger partial charge in [-0.2, -0.15) is 0 Å². The Kier molecular flexibility index (Phi) is 14.3. The predicted octanol–water partition coefficient (Wildman–Crippen LogP) is 3.10. The summed E-state index contributed by atoms with van der Waals surface area (Å²) >= 11 is 0. The summed E-state index contributed by atoms with van der Waals surface area (Å²) in [6.45, 7) is 2.95. The second-order valence-corrected chi connectivity index (χ2v) is 14.0. The van der Waals surface area contributed by atoms with Crippen LogP contribution in [0.1, 0.15) is 36.1 Å². The van der Waals surface area contributed by atoms with Crippen molar-refractivity contribution in [3.63, 3.8) is 0 Å². The van der Waals surface area contributed by atoms with Crippen molar-refractivity contribution >= 4 is 29.5 Å². The van der Waals surface area contributed by atoms with Crippen molar-refractivity contribution in [2.45, 2.75) is 69.6 Å². The second kappa shape index (κ2) is 19.5. The van der Waals surface area contributed by atoms with E-state index in [1.54, 1.807) is 13.8 Å². The quantitative estimate of drug-likeness (QED) is 0.174. The molecule has 12 nitrogen and oxygen atoms in total. The monoisotopic (exact) mass is 747 g/mol. The van der Waals surface area contributed by atoms with Crippen molar-refractivity contribution in [1.29, 1.82) is 0 Å². The molecule has 1 aliphatic heterocycles. The summed E-state index contributed by atoms with van der Waals surface area (Å²) in [6, 6.07) is 32.2. The first kappa shape index (κ1) is 40.3. The van der Waals surface area contributed by atoms with Crippen LogP contribution in [0, 0.1) is 0 Å². The zero-order chi connectivity index (χ0) is 39.2. The van der Waals surface area contributed by atoms with Crippen LogP contribution in [0.25, 0.3) is 0 Å². The van der Waals surface area contributed by atoms with E-state index in [1.807, 2.05) is 121 Å². The summed E-state index contributed by atoms with van der Waals surface area (Å²) in [5.74, 6) is -3.19. The minimum absolute atomic E-state index is 0.0952. The number of benzene rings is 4. The van der Waals surface area contributed by atoms with E-state index in [4.69, 9.17) is 9.47 Å². The van der Waals surface area contributed by atoms with Crippen LogP contribution in [-0.4, -0.2) is 84.4 Å². The molecule has 0 radical (unpaired) electrons. The van der Waals surface area contributed by atoms with E-state index in [0.717, 1.165) is 22.3 Å². The van der Waals surface area contributed by atoms with Crippen molar-refractivity contribution in [3.05, 3.63) is 144 Å². The van der Waals surface area contributed by atoms with Crippen molar-refractivity contribution in [2.24, 2.45) is 0 Å². The Bertz CT molecular complexity index is 1880. The molecule has 1 fully saturated rings. The lowest BCUT2D eigenvalue weighted by atomic mass is 9.97. The van der Waals surface area contributed by atoms with E-state index in [-0.39, 0.29) is 39.3 Å². The molecule has 12 heteroatoms. The largest absolute Gasteiger partial charge is 0.374 e. The Hall–Kier alpha value is -5.85. The third-order valence-corrected chi connectivity index (χ3v) is 9.58. The Morgan fingerprint density at radius 2 is 0.836 bits per heavy atom. The number of carbonyl (C=O) groups is 5. The van der Waals surface area contributed by atoms with Gasteiger partial charge in [0.2, 0.25) is 29.5 Å². The van der Waals surface area contributed by atoms with Gasteiger partial charge in [0.15, 0.2) is 0 Å². The van der Waals surface area contributed by atoms with E-state index in [0.29, 0.717) is 0 Å². The number of rotatable bonds is 12. The molecule has 0 spiro atoms. The molecule has 1 saturated heterocycles. The summed E-state index contributed by atoms with van der Waals surface area (Å²) in [6.07, 6.45) is 0.198. The molecule has 4 aromatic rings. The van der Waals surface area contributed by atoms with Gasteiger partial charge in [-0.05, 0) is 36.1 Å². The van der Waals surface area contributed by atoms with Gasteiger partial charge in [0.05, 0.1) is 26.4 Å². The number of nitrogens with zero attached hydrogens (tertiary/aromatic N) is 1. The topological polar surface area (TPSA) is 155 Å². The zero-order valence-corrected chi connectivity index (χ0v) is 31.4. The number of hydrogen-bond acceptors (Lipinski definition) is 7. The Morgan fingerprint density at radius 1 is 0.491 bits per heavy atom. The lowest BCUT2D eigenvalue weighted by molar-refractivity contribution is -0.147. The molecule has 0 bridgehead atoms. The molecule has 0 aromatic heterocycles. The van der Waals surface area contributed by atoms with Crippen LogP contribution in [0.15, 0.2) is 121 Å². The molecule has 1 aliphatic rings.